The van der Waals surface area contributed by atoms with Crippen molar-refractivity contribution in [2.75, 3.05) is 7.11 Å². The first-order valence-electron chi connectivity index (χ1n) is 10.3. The molecule has 0 atom stereocenters. The summed E-state index contributed by atoms with van der Waals surface area (Å²) in [5, 5.41) is 11.8. The summed E-state index contributed by atoms with van der Waals surface area (Å²) >= 11 is 0. The second-order valence-electron chi connectivity index (χ2n) is 7.63. The smallest absolute Gasteiger partial charge is 0.224 e. The van der Waals surface area contributed by atoms with Crippen LogP contribution in [0.5, 0.6) is 5.75 Å². The average molecular weight is 426 g/mol. The van der Waals surface area contributed by atoms with Gasteiger partial charge in [0.1, 0.15) is 17.0 Å². The molecule has 2 aromatic carbocycles. The second-order valence-corrected chi connectivity index (χ2v) is 7.63. The van der Waals surface area contributed by atoms with Gasteiger partial charge < -0.3 is 14.5 Å². The zero-order valence-corrected chi connectivity index (χ0v) is 17.8. The Balaban J connectivity index is 1.56. The Labute approximate surface area is 184 Å². The van der Waals surface area contributed by atoms with Gasteiger partial charge in [-0.15, -0.1) is 0 Å². The number of carbonyl (C=O) groups excluding carboxylic acids is 1. The Morgan fingerprint density at radius 1 is 1.16 bits per heavy atom. The SMILES string of the molecule is COc1ccc(-c2oc3c(ccc4cccnc43)c2CC(=O)NCc2cn[nH]c2C)cc1. The third-order valence-electron chi connectivity index (χ3n) is 5.63. The summed E-state index contributed by atoms with van der Waals surface area (Å²) in [6, 6.07) is 15.5. The summed E-state index contributed by atoms with van der Waals surface area (Å²) in [5.74, 6) is 1.33. The van der Waals surface area contributed by atoms with Crippen molar-refractivity contribution in [2.24, 2.45) is 0 Å². The molecule has 0 bridgehead atoms. The zero-order valence-electron chi connectivity index (χ0n) is 17.8. The van der Waals surface area contributed by atoms with Gasteiger partial charge >= 0.3 is 0 Å². The number of rotatable bonds is 6. The summed E-state index contributed by atoms with van der Waals surface area (Å²) in [6.45, 7) is 2.34. The first-order chi connectivity index (χ1) is 15.6. The van der Waals surface area contributed by atoms with Crippen LogP contribution in [0, 0.1) is 6.92 Å². The third-order valence-corrected chi connectivity index (χ3v) is 5.63. The molecule has 0 spiro atoms. The highest BCUT2D eigenvalue weighted by molar-refractivity contribution is 6.06. The first kappa shape index (κ1) is 19.8. The van der Waals surface area contributed by atoms with E-state index >= 15 is 0 Å². The van der Waals surface area contributed by atoms with E-state index in [2.05, 4.69) is 20.5 Å². The van der Waals surface area contributed by atoms with Gasteiger partial charge in [-0.05, 0) is 37.3 Å². The van der Waals surface area contributed by atoms with Crippen molar-refractivity contribution < 1.29 is 13.9 Å². The van der Waals surface area contributed by atoms with Crippen molar-refractivity contribution >= 4 is 27.8 Å². The maximum Gasteiger partial charge on any atom is 0.224 e. The average Bonchev–Trinajstić information content (AvgIpc) is 3.41. The molecule has 5 aromatic rings. The summed E-state index contributed by atoms with van der Waals surface area (Å²) in [6.07, 6.45) is 3.66. The number of methoxy groups -OCH3 is 1. The standard InChI is InChI=1S/C25H22N4O3/c1-15-18(14-28-29-15)13-27-22(30)12-21-20-10-7-16-4-3-11-26-23(16)25(20)32-24(21)17-5-8-19(31-2)9-6-17/h3-11,14H,12-13H2,1-2H3,(H,27,30)(H,28,29). The number of carbonyl (C=O) groups is 1. The fourth-order valence-corrected chi connectivity index (χ4v) is 3.87. The molecule has 7 heteroatoms. The summed E-state index contributed by atoms with van der Waals surface area (Å²) in [5.41, 5.74) is 5.07. The topological polar surface area (TPSA) is 93.0 Å². The number of hydrogen-bond donors (Lipinski definition) is 2. The number of nitrogens with zero attached hydrogens (tertiary/aromatic N) is 2. The fourth-order valence-electron chi connectivity index (χ4n) is 3.87. The number of fused-ring (bicyclic) bond motifs is 3. The van der Waals surface area contributed by atoms with Crippen LogP contribution in [0.4, 0.5) is 0 Å². The maximum atomic E-state index is 12.9. The van der Waals surface area contributed by atoms with E-state index < -0.39 is 0 Å². The highest BCUT2D eigenvalue weighted by Crippen LogP contribution is 2.37. The lowest BCUT2D eigenvalue weighted by Crippen LogP contribution is -2.24. The molecular weight excluding hydrogens is 404 g/mol. The number of nitrogens with one attached hydrogen (secondary N) is 2. The summed E-state index contributed by atoms with van der Waals surface area (Å²) in [4.78, 5) is 17.4. The molecule has 0 aliphatic carbocycles. The lowest BCUT2D eigenvalue weighted by atomic mass is 10.0. The second kappa shape index (κ2) is 8.19. The van der Waals surface area contributed by atoms with Crippen LogP contribution in [0.25, 0.3) is 33.2 Å². The zero-order chi connectivity index (χ0) is 22.1. The van der Waals surface area contributed by atoms with Crippen molar-refractivity contribution in [3.63, 3.8) is 0 Å². The quantitative estimate of drug-likeness (QED) is 0.416. The van der Waals surface area contributed by atoms with Crippen LogP contribution in [-0.4, -0.2) is 28.2 Å². The molecule has 3 aromatic heterocycles. The molecule has 160 valence electrons. The predicted molar refractivity (Wildman–Crippen MR) is 122 cm³/mol. The van der Waals surface area contributed by atoms with E-state index in [1.165, 1.54) is 0 Å². The first-order valence-corrected chi connectivity index (χ1v) is 10.3. The predicted octanol–water partition coefficient (Wildman–Crippen LogP) is 4.55. The third kappa shape index (κ3) is 3.58. The van der Waals surface area contributed by atoms with E-state index in [0.29, 0.717) is 17.9 Å². The lowest BCUT2D eigenvalue weighted by Gasteiger charge is -2.07. The molecule has 5 rings (SSSR count). The van der Waals surface area contributed by atoms with Gasteiger partial charge in [0.2, 0.25) is 5.91 Å². The molecule has 32 heavy (non-hydrogen) atoms. The van der Waals surface area contributed by atoms with E-state index in [1.807, 2.05) is 55.5 Å². The summed E-state index contributed by atoms with van der Waals surface area (Å²) in [7, 11) is 1.63. The molecule has 0 radical (unpaired) electrons. The van der Waals surface area contributed by atoms with E-state index in [0.717, 1.165) is 44.4 Å². The highest BCUT2D eigenvalue weighted by atomic mass is 16.5. The summed E-state index contributed by atoms with van der Waals surface area (Å²) < 4.78 is 11.6. The number of ether oxygens (including phenoxy) is 1. The molecule has 0 aliphatic heterocycles. The molecule has 2 N–H and O–H groups in total. The van der Waals surface area contributed by atoms with E-state index in [-0.39, 0.29) is 12.3 Å². The van der Waals surface area contributed by atoms with Gasteiger partial charge in [-0.2, -0.15) is 5.10 Å². The fraction of sp³-hybridized carbons (Fsp3) is 0.160. The number of amides is 1. The molecule has 1 amide bonds. The van der Waals surface area contributed by atoms with Crippen molar-refractivity contribution in [1.82, 2.24) is 20.5 Å². The minimum Gasteiger partial charge on any atom is -0.497 e. The van der Waals surface area contributed by atoms with Crippen LogP contribution in [0.1, 0.15) is 16.8 Å². The number of H-pyrrole nitrogens is 1. The molecule has 0 aliphatic rings. The lowest BCUT2D eigenvalue weighted by molar-refractivity contribution is -0.120. The minimum absolute atomic E-state index is 0.0934. The largest absolute Gasteiger partial charge is 0.497 e. The van der Waals surface area contributed by atoms with Crippen molar-refractivity contribution in [2.45, 2.75) is 19.9 Å². The van der Waals surface area contributed by atoms with Gasteiger partial charge in [-0.25, -0.2) is 0 Å². The number of hydrogen-bond acceptors (Lipinski definition) is 5. The molecule has 0 saturated carbocycles. The number of pyridine rings is 1. The molecule has 0 saturated heterocycles. The monoisotopic (exact) mass is 426 g/mol. The molecule has 3 heterocycles. The van der Waals surface area contributed by atoms with E-state index in [9.17, 15) is 4.79 Å². The Kier molecular flexibility index (Phi) is 5.07. The molecule has 7 nitrogen and oxygen atoms in total. The Morgan fingerprint density at radius 2 is 2.00 bits per heavy atom. The Hall–Kier alpha value is -4.13. The van der Waals surface area contributed by atoms with Crippen LogP contribution < -0.4 is 10.1 Å². The van der Waals surface area contributed by atoms with Crippen molar-refractivity contribution in [1.29, 1.82) is 0 Å². The van der Waals surface area contributed by atoms with Gasteiger partial charge in [0.05, 0.1) is 19.7 Å². The normalized spacial score (nSPS) is 11.2. The number of benzene rings is 2. The maximum absolute atomic E-state index is 12.9. The van der Waals surface area contributed by atoms with Crippen LogP contribution in [0.15, 0.2) is 65.3 Å². The molecule has 0 unspecified atom stereocenters. The van der Waals surface area contributed by atoms with Crippen LogP contribution in [0.3, 0.4) is 0 Å². The number of aryl methyl sites for hydroxylation is 1. The van der Waals surface area contributed by atoms with E-state index in [4.69, 9.17) is 9.15 Å². The minimum atomic E-state index is -0.0934. The van der Waals surface area contributed by atoms with Crippen LogP contribution in [0.2, 0.25) is 0 Å². The van der Waals surface area contributed by atoms with Gasteiger partial charge in [-0.1, -0.05) is 18.2 Å². The van der Waals surface area contributed by atoms with Crippen molar-refractivity contribution in [3.8, 4) is 17.1 Å². The van der Waals surface area contributed by atoms with E-state index in [1.54, 1.807) is 19.5 Å². The highest BCUT2D eigenvalue weighted by Gasteiger charge is 2.21. The molecule has 0 fully saturated rings. The van der Waals surface area contributed by atoms with Crippen molar-refractivity contribution in [3.05, 3.63) is 77.7 Å². The number of aromatic amines is 1. The van der Waals surface area contributed by atoms with Gasteiger partial charge in [0, 0.05) is 45.9 Å². The Bertz CT molecular complexity index is 1420. The molecular formula is C25H22N4O3. The number of aromatic nitrogens is 3. The number of furan rings is 1. The van der Waals surface area contributed by atoms with Gasteiger partial charge in [0.15, 0.2) is 5.58 Å². The van der Waals surface area contributed by atoms with Crippen LogP contribution in [-0.2, 0) is 17.8 Å². The van der Waals surface area contributed by atoms with Crippen LogP contribution >= 0.6 is 0 Å². The Morgan fingerprint density at radius 3 is 2.75 bits per heavy atom. The van der Waals surface area contributed by atoms with Gasteiger partial charge in [0.25, 0.3) is 0 Å². The van der Waals surface area contributed by atoms with Gasteiger partial charge in [-0.3, -0.25) is 14.9 Å².